The second-order valence-electron chi connectivity index (χ2n) is 7.23. The molecule has 1 N–H and O–H groups in total. The van der Waals surface area contributed by atoms with E-state index in [2.05, 4.69) is 20.1 Å². The van der Waals surface area contributed by atoms with E-state index >= 15 is 0 Å². The highest BCUT2D eigenvalue weighted by Crippen LogP contribution is 2.31. The second-order valence-corrected chi connectivity index (χ2v) is 7.63. The summed E-state index contributed by atoms with van der Waals surface area (Å²) in [7, 11) is 0. The maximum absolute atomic E-state index is 10.8. The summed E-state index contributed by atoms with van der Waals surface area (Å²) >= 11 is 6.26. The standard InChI is InChI=1S/C21H20ClN5O4/c1-12(2)30-21-16(22)8-13(9-24-21)20-25-19(26-31-20)15-10-23-11-17-14(15)5-7-27(17)6-3-4-18(28)29/h5,7-12H,3-4,6H2,1-2H3,(H,28,29). The average Bonchev–Trinajstić information content (AvgIpc) is 3.36. The summed E-state index contributed by atoms with van der Waals surface area (Å²) in [6.07, 6.45) is 7.46. The third-order valence-corrected chi connectivity index (χ3v) is 4.83. The van der Waals surface area contributed by atoms with E-state index in [-0.39, 0.29) is 18.4 Å². The van der Waals surface area contributed by atoms with Crippen LogP contribution in [0.25, 0.3) is 33.7 Å². The molecule has 0 amide bonds. The zero-order chi connectivity index (χ0) is 22.0. The summed E-state index contributed by atoms with van der Waals surface area (Å²) in [5.41, 5.74) is 2.16. The Morgan fingerprint density at radius 3 is 2.90 bits per heavy atom. The topological polar surface area (TPSA) is 116 Å². The molecule has 0 radical (unpaired) electrons. The number of pyridine rings is 2. The molecular formula is C21H20ClN5O4. The van der Waals surface area contributed by atoms with Crippen LogP contribution in [0.5, 0.6) is 5.88 Å². The quantitative estimate of drug-likeness (QED) is 0.426. The molecule has 31 heavy (non-hydrogen) atoms. The number of aromatic nitrogens is 5. The van der Waals surface area contributed by atoms with Gasteiger partial charge in [0.25, 0.3) is 5.89 Å². The van der Waals surface area contributed by atoms with Gasteiger partial charge in [0.2, 0.25) is 11.7 Å². The highest BCUT2D eigenvalue weighted by atomic mass is 35.5. The van der Waals surface area contributed by atoms with Gasteiger partial charge in [-0.2, -0.15) is 4.98 Å². The van der Waals surface area contributed by atoms with Crippen LogP contribution < -0.4 is 4.74 Å². The first kappa shape index (κ1) is 20.8. The number of ether oxygens (including phenoxy) is 1. The van der Waals surface area contributed by atoms with Crippen LogP contribution in [-0.2, 0) is 11.3 Å². The van der Waals surface area contributed by atoms with Gasteiger partial charge in [0.1, 0.15) is 5.02 Å². The van der Waals surface area contributed by atoms with Gasteiger partial charge in [0, 0.05) is 36.9 Å². The molecular weight excluding hydrogens is 422 g/mol. The van der Waals surface area contributed by atoms with Crippen molar-refractivity contribution in [3.8, 4) is 28.7 Å². The molecule has 10 heteroatoms. The van der Waals surface area contributed by atoms with Crippen LogP contribution in [0.15, 0.2) is 41.4 Å². The molecule has 0 fully saturated rings. The van der Waals surface area contributed by atoms with E-state index in [0.29, 0.717) is 40.8 Å². The molecule has 0 atom stereocenters. The van der Waals surface area contributed by atoms with E-state index in [0.717, 1.165) is 10.9 Å². The molecule has 4 aromatic rings. The second kappa shape index (κ2) is 8.73. The maximum atomic E-state index is 10.8. The molecule has 0 saturated carbocycles. The SMILES string of the molecule is CC(C)Oc1ncc(-c2nc(-c3cncc4c3ccn4CCCC(=O)O)no2)cc1Cl. The highest BCUT2D eigenvalue weighted by molar-refractivity contribution is 6.32. The van der Waals surface area contributed by atoms with E-state index in [1.54, 1.807) is 24.7 Å². The molecule has 0 spiro atoms. The van der Waals surface area contributed by atoms with Crippen LogP contribution in [0.4, 0.5) is 0 Å². The Morgan fingerprint density at radius 2 is 2.16 bits per heavy atom. The number of fused-ring (bicyclic) bond motifs is 1. The van der Waals surface area contributed by atoms with Crippen molar-refractivity contribution in [2.75, 3.05) is 0 Å². The summed E-state index contributed by atoms with van der Waals surface area (Å²) in [6.45, 7) is 4.36. The smallest absolute Gasteiger partial charge is 0.303 e. The summed E-state index contributed by atoms with van der Waals surface area (Å²) in [6, 6.07) is 3.60. The molecule has 4 aromatic heterocycles. The molecule has 0 unspecified atom stereocenters. The molecule has 0 bridgehead atoms. The van der Waals surface area contributed by atoms with Gasteiger partial charge in [0.15, 0.2) is 0 Å². The van der Waals surface area contributed by atoms with Crippen molar-refractivity contribution in [1.29, 1.82) is 0 Å². The minimum Gasteiger partial charge on any atom is -0.481 e. The monoisotopic (exact) mass is 441 g/mol. The highest BCUT2D eigenvalue weighted by Gasteiger charge is 2.17. The van der Waals surface area contributed by atoms with Gasteiger partial charge in [-0.25, -0.2) is 4.98 Å². The molecule has 4 rings (SSSR count). The van der Waals surface area contributed by atoms with E-state index in [1.807, 2.05) is 30.7 Å². The van der Waals surface area contributed by atoms with E-state index in [1.165, 1.54) is 0 Å². The zero-order valence-electron chi connectivity index (χ0n) is 16.9. The first-order chi connectivity index (χ1) is 14.9. The summed E-state index contributed by atoms with van der Waals surface area (Å²) in [5, 5.41) is 14.2. The Kier molecular flexibility index (Phi) is 5.85. The third-order valence-electron chi connectivity index (χ3n) is 4.56. The van der Waals surface area contributed by atoms with Crippen molar-refractivity contribution in [3.63, 3.8) is 0 Å². The number of carboxylic acid groups (broad SMARTS) is 1. The number of hydrogen-bond donors (Lipinski definition) is 1. The number of hydrogen-bond acceptors (Lipinski definition) is 7. The number of carbonyl (C=O) groups is 1. The van der Waals surface area contributed by atoms with Gasteiger partial charge in [-0.3, -0.25) is 9.78 Å². The van der Waals surface area contributed by atoms with Crippen LogP contribution in [0.1, 0.15) is 26.7 Å². The number of rotatable bonds is 8. The van der Waals surface area contributed by atoms with Gasteiger partial charge < -0.3 is 18.9 Å². The summed E-state index contributed by atoms with van der Waals surface area (Å²) in [5.74, 6) is 0.194. The van der Waals surface area contributed by atoms with E-state index in [4.69, 9.17) is 26.0 Å². The fourth-order valence-corrected chi connectivity index (χ4v) is 3.40. The lowest BCUT2D eigenvalue weighted by Gasteiger charge is -2.09. The van der Waals surface area contributed by atoms with Crippen molar-refractivity contribution < 1.29 is 19.2 Å². The molecule has 160 valence electrons. The summed E-state index contributed by atoms with van der Waals surface area (Å²) < 4.78 is 12.9. The van der Waals surface area contributed by atoms with Crippen LogP contribution in [0.2, 0.25) is 5.02 Å². The Balaban J connectivity index is 1.61. The van der Waals surface area contributed by atoms with Gasteiger partial charge in [0.05, 0.1) is 28.9 Å². The van der Waals surface area contributed by atoms with Gasteiger partial charge in [-0.15, -0.1) is 0 Å². The molecule has 9 nitrogen and oxygen atoms in total. The maximum Gasteiger partial charge on any atom is 0.303 e. The Bertz CT molecular complexity index is 1230. The molecule has 0 aliphatic heterocycles. The Labute approximate surface area is 182 Å². The Morgan fingerprint density at radius 1 is 1.32 bits per heavy atom. The predicted octanol–water partition coefficient (Wildman–Crippen LogP) is 4.45. The lowest BCUT2D eigenvalue weighted by molar-refractivity contribution is -0.137. The predicted molar refractivity (Wildman–Crippen MR) is 114 cm³/mol. The minimum atomic E-state index is -0.812. The molecule has 0 aliphatic rings. The fourth-order valence-electron chi connectivity index (χ4n) is 3.18. The summed E-state index contributed by atoms with van der Waals surface area (Å²) in [4.78, 5) is 23.8. The van der Waals surface area contributed by atoms with Crippen molar-refractivity contribution in [3.05, 3.63) is 41.9 Å². The zero-order valence-corrected chi connectivity index (χ0v) is 17.7. The first-order valence-corrected chi connectivity index (χ1v) is 10.1. The number of carboxylic acids is 1. The van der Waals surface area contributed by atoms with Crippen molar-refractivity contribution in [2.45, 2.75) is 39.3 Å². The molecule has 0 aliphatic carbocycles. The number of aryl methyl sites for hydroxylation is 1. The average molecular weight is 442 g/mol. The Hall–Kier alpha value is -3.46. The van der Waals surface area contributed by atoms with Crippen LogP contribution >= 0.6 is 11.6 Å². The van der Waals surface area contributed by atoms with E-state index in [9.17, 15) is 4.79 Å². The van der Waals surface area contributed by atoms with Crippen molar-refractivity contribution >= 4 is 28.5 Å². The van der Waals surface area contributed by atoms with Crippen LogP contribution in [0, 0.1) is 0 Å². The van der Waals surface area contributed by atoms with Crippen LogP contribution in [0.3, 0.4) is 0 Å². The largest absolute Gasteiger partial charge is 0.481 e. The fraction of sp³-hybridized carbons (Fsp3) is 0.286. The number of halogens is 1. The lowest BCUT2D eigenvalue weighted by atomic mass is 10.2. The van der Waals surface area contributed by atoms with Gasteiger partial charge in [-0.05, 0) is 32.4 Å². The molecule has 0 saturated heterocycles. The minimum absolute atomic E-state index is 0.0460. The van der Waals surface area contributed by atoms with Crippen molar-refractivity contribution in [1.82, 2.24) is 24.7 Å². The first-order valence-electron chi connectivity index (χ1n) is 9.73. The van der Waals surface area contributed by atoms with Crippen molar-refractivity contribution in [2.24, 2.45) is 0 Å². The molecule has 0 aromatic carbocycles. The van der Waals surface area contributed by atoms with Gasteiger partial charge >= 0.3 is 5.97 Å². The normalized spacial score (nSPS) is 11.4. The van der Waals surface area contributed by atoms with Crippen LogP contribution in [-0.4, -0.2) is 41.9 Å². The number of aliphatic carboxylic acids is 1. The van der Waals surface area contributed by atoms with Gasteiger partial charge in [-0.1, -0.05) is 16.8 Å². The number of nitrogens with zero attached hydrogens (tertiary/aromatic N) is 5. The van der Waals surface area contributed by atoms with E-state index < -0.39 is 5.97 Å². The molecule has 4 heterocycles. The lowest BCUT2D eigenvalue weighted by Crippen LogP contribution is -2.07. The third kappa shape index (κ3) is 4.51.